The molecule has 4 aromatic rings. The van der Waals surface area contributed by atoms with Gasteiger partial charge in [0.2, 0.25) is 12.4 Å². The van der Waals surface area contributed by atoms with Crippen LogP contribution in [0.4, 0.5) is 5.69 Å². The van der Waals surface area contributed by atoms with Crippen molar-refractivity contribution < 1.29 is 4.68 Å². The Bertz CT molecular complexity index is 1010. The first-order valence-corrected chi connectivity index (χ1v) is 8.63. The van der Waals surface area contributed by atoms with Crippen LogP contribution in [0.1, 0.15) is 18.9 Å². The van der Waals surface area contributed by atoms with Gasteiger partial charge in [-0.15, -0.1) is 10.2 Å². The molecule has 128 valence electrons. The molecule has 7 heteroatoms. The van der Waals surface area contributed by atoms with Crippen molar-refractivity contribution in [2.75, 3.05) is 5.43 Å². The van der Waals surface area contributed by atoms with E-state index in [4.69, 9.17) is 0 Å². The van der Waals surface area contributed by atoms with Crippen molar-refractivity contribution in [3.05, 3.63) is 73.8 Å². The molecule has 1 aliphatic rings. The SMILES string of the molecule is c1cc(N[n+]2ccc(-n3ccnc3)cc2)cc(-c2nncn2C2CC2)c1. The monoisotopic (exact) mass is 344 g/mol. The molecule has 0 atom stereocenters. The van der Waals surface area contributed by atoms with E-state index in [1.807, 2.05) is 58.4 Å². The third-order valence-electron chi connectivity index (χ3n) is 4.51. The first-order valence-electron chi connectivity index (χ1n) is 8.63. The molecule has 7 nitrogen and oxygen atoms in total. The molecule has 0 aliphatic heterocycles. The minimum Gasteiger partial charge on any atom is -0.310 e. The van der Waals surface area contributed by atoms with Gasteiger partial charge in [0.25, 0.3) is 0 Å². The minimum absolute atomic E-state index is 0.557. The minimum atomic E-state index is 0.557. The summed E-state index contributed by atoms with van der Waals surface area (Å²) < 4.78 is 6.06. The number of aromatic nitrogens is 6. The average Bonchev–Trinajstić information content (AvgIpc) is 3.18. The van der Waals surface area contributed by atoms with Crippen molar-refractivity contribution in [2.45, 2.75) is 18.9 Å². The van der Waals surface area contributed by atoms with Crippen molar-refractivity contribution in [3.63, 3.8) is 0 Å². The van der Waals surface area contributed by atoms with Crippen LogP contribution in [-0.4, -0.2) is 24.3 Å². The van der Waals surface area contributed by atoms with Crippen LogP contribution in [0.15, 0.2) is 73.8 Å². The van der Waals surface area contributed by atoms with Gasteiger partial charge < -0.3 is 9.13 Å². The molecule has 26 heavy (non-hydrogen) atoms. The highest BCUT2D eigenvalue weighted by molar-refractivity contribution is 5.62. The van der Waals surface area contributed by atoms with Gasteiger partial charge >= 0.3 is 0 Å². The number of benzene rings is 1. The first kappa shape index (κ1) is 14.8. The Hall–Kier alpha value is -3.48. The first-order chi connectivity index (χ1) is 12.9. The van der Waals surface area contributed by atoms with Gasteiger partial charge in [0.1, 0.15) is 6.33 Å². The quantitative estimate of drug-likeness (QED) is 0.565. The lowest BCUT2D eigenvalue weighted by atomic mass is 10.2. The number of imidazole rings is 1. The van der Waals surface area contributed by atoms with Gasteiger partial charge in [0.15, 0.2) is 5.82 Å². The summed E-state index contributed by atoms with van der Waals surface area (Å²) in [6.45, 7) is 0. The van der Waals surface area contributed by atoms with Crippen LogP contribution in [-0.2, 0) is 0 Å². The predicted octanol–water partition coefficient (Wildman–Crippen LogP) is 2.63. The molecule has 1 fully saturated rings. The summed E-state index contributed by atoms with van der Waals surface area (Å²) in [5, 5.41) is 8.39. The molecule has 0 radical (unpaired) electrons. The van der Waals surface area contributed by atoms with Gasteiger partial charge in [-0.25, -0.2) is 4.98 Å². The van der Waals surface area contributed by atoms with Crippen molar-refractivity contribution >= 4 is 5.69 Å². The molecule has 0 amide bonds. The molecule has 5 rings (SSSR count). The van der Waals surface area contributed by atoms with Crippen molar-refractivity contribution in [3.8, 4) is 17.1 Å². The summed E-state index contributed by atoms with van der Waals surface area (Å²) in [6, 6.07) is 12.9. The molecule has 0 spiro atoms. The van der Waals surface area contributed by atoms with Gasteiger partial charge in [-0.05, 0) is 25.0 Å². The van der Waals surface area contributed by atoms with E-state index in [1.165, 1.54) is 12.8 Å². The second-order valence-electron chi connectivity index (χ2n) is 6.42. The smallest absolute Gasteiger partial charge is 0.201 e. The fourth-order valence-electron chi connectivity index (χ4n) is 3.02. The molecular formula is C19H18N7+. The Balaban J connectivity index is 1.38. The normalized spacial score (nSPS) is 13.7. The van der Waals surface area contributed by atoms with Gasteiger partial charge in [-0.3, -0.25) is 0 Å². The average molecular weight is 344 g/mol. The molecule has 3 heterocycles. The highest BCUT2D eigenvalue weighted by Gasteiger charge is 2.26. The lowest BCUT2D eigenvalue weighted by Gasteiger charge is -2.07. The van der Waals surface area contributed by atoms with Crippen molar-refractivity contribution in [1.82, 2.24) is 24.3 Å². The van der Waals surface area contributed by atoms with E-state index in [2.05, 4.69) is 37.3 Å². The van der Waals surface area contributed by atoms with E-state index < -0.39 is 0 Å². The number of anilines is 1. The van der Waals surface area contributed by atoms with Crippen LogP contribution in [0.5, 0.6) is 0 Å². The highest BCUT2D eigenvalue weighted by Crippen LogP contribution is 2.37. The zero-order chi connectivity index (χ0) is 17.3. The Morgan fingerprint density at radius 2 is 1.96 bits per heavy atom. The zero-order valence-corrected chi connectivity index (χ0v) is 14.1. The van der Waals surface area contributed by atoms with Gasteiger partial charge in [-0.2, -0.15) is 5.43 Å². The van der Waals surface area contributed by atoms with E-state index in [0.717, 1.165) is 22.8 Å². The molecule has 3 aromatic heterocycles. The molecule has 0 unspecified atom stereocenters. The second kappa shape index (κ2) is 6.11. The van der Waals surface area contributed by atoms with Crippen LogP contribution in [0, 0.1) is 0 Å². The molecular weight excluding hydrogens is 326 g/mol. The van der Waals surface area contributed by atoms with Crippen LogP contribution in [0.25, 0.3) is 17.1 Å². The largest absolute Gasteiger partial charge is 0.310 e. The second-order valence-corrected chi connectivity index (χ2v) is 6.42. The van der Waals surface area contributed by atoms with E-state index in [9.17, 15) is 0 Å². The van der Waals surface area contributed by atoms with Crippen molar-refractivity contribution in [1.29, 1.82) is 0 Å². The highest BCUT2D eigenvalue weighted by atomic mass is 15.4. The summed E-state index contributed by atoms with van der Waals surface area (Å²) in [5.74, 6) is 0.927. The fourth-order valence-corrected chi connectivity index (χ4v) is 3.02. The lowest BCUT2D eigenvalue weighted by molar-refractivity contribution is -0.642. The topological polar surface area (TPSA) is 64.4 Å². The number of nitrogens with zero attached hydrogens (tertiary/aromatic N) is 6. The number of pyridine rings is 1. The Morgan fingerprint density at radius 1 is 1.08 bits per heavy atom. The van der Waals surface area contributed by atoms with Crippen molar-refractivity contribution in [2.24, 2.45) is 0 Å². The third-order valence-corrected chi connectivity index (χ3v) is 4.51. The maximum atomic E-state index is 4.31. The molecule has 1 saturated carbocycles. The summed E-state index contributed by atoms with van der Waals surface area (Å²) >= 11 is 0. The molecule has 1 N–H and O–H groups in total. The van der Waals surface area contributed by atoms with Crippen LogP contribution < -0.4 is 10.1 Å². The number of nitrogens with one attached hydrogen (secondary N) is 1. The molecule has 0 bridgehead atoms. The van der Waals surface area contributed by atoms with Gasteiger partial charge in [0.05, 0.1) is 17.7 Å². The lowest BCUT2D eigenvalue weighted by Crippen LogP contribution is -2.41. The van der Waals surface area contributed by atoms with Crippen LogP contribution in [0.3, 0.4) is 0 Å². The predicted molar refractivity (Wildman–Crippen MR) is 96.5 cm³/mol. The number of rotatable bonds is 5. The van der Waals surface area contributed by atoms with Gasteiger partial charge in [-0.1, -0.05) is 16.8 Å². The molecule has 0 saturated heterocycles. The number of hydrogen-bond acceptors (Lipinski definition) is 4. The Morgan fingerprint density at radius 3 is 2.73 bits per heavy atom. The molecule has 1 aliphatic carbocycles. The maximum absolute atomic E-state index is 4.31. The van der Waals surface area contributed by atoms with Crippen LogP contribution >= 0.6 is 0 Å². The maximum Gasteiger partial charge on any atom is 0.201 e. The van der Waals surface area contributed by atoms with E-state index >= 15 is 0 Å². The summed E-state index contributed by atoms with van der Waals surface area (Å²) in [7, 11) is 0. The Labute approximate surface area is 150 Å². The summed E-state index contributed by atoms with van der Waals surface area (Å²) in [6.07, 6.45) is 13.7. The van der Waals surface area contributed by atoms with Gasteiger partial charge in [0, 0.05) is 36.1 Å². The van der Waals surface area contributed by atoms with E-state index in [-0.39, 0.29) is 0 Å². The standard InChI is InChI=1S/C19H18N7/c1-2-15(19-22-21-14-26(19)18-4-5-18)12-16(3-1)23-25-9-6-17(7-10-25)24-11-8-20-13-24/h1-3,6-14,18,23H,4-5H2/q+1. The zero-order valence-electron chi connectivity index (χ0n) is 14.1. The van der Waals surface area contributed by atoms with E-state index in [0.29, 0.717) is 6.04 Å². The summed E-state index contributed by atoms with van der Waals surface area (Å²) in [5.41, 5.74) is 6.50. The fraction of sp³-hybridized carbons (Fsp3) is 0.158. The van der Waals surface area contributed by atoms with E-state index in [1.54, 1.807) is 12.5 Å². The molecule has 1 aromatic carbocycles. The summed E-state index contributed by atoms with van der Waals surface area (Å²) in [4.78, 5) is 4.07. The van der Waals surface area contributed by atoms with Crippen LogP contribution in [0.2, 0.25) is 0 Å². The number of hydrogen-bond donors (Lipinski definition) is 1. The third kappa shape index (κ3) is 2.83. The Kier molecular flexibility index (Phi) is 3.48.